The molecule has 19 heavy (non-hydrogen) atoms. The van der Waals surface area contributed by atoms with Crippen molar-refractivity contribution in [2.75, 3.05) is 0 Å². The van der Waals surface area contributed by atoms with Gasteiger partial charge in [0.2, 0.25) is 11.0 Å². The Balaban J connectivity index is 2.15. The maximum atomic E-state index is 12.3. The Morgan fingerprint density at radius 2 is 2.21 bits per heavy atom. The molecule has 0 saturated carbocycles. The Morgan fingerprint density at radius 3 is 2.79 bits per heavy atom. The largest absolute Gasteiger partial charge is 0.480 e. The third-order valence-corrected chi connectivity index (χ3v) is 3.35. The van der Waals surface area contributed by atoms with Gasteiger partial charge < -0.3 is 5.11 Å². The minimum Gasteiger partial charge on any atom is -0.480 e. The Bertz CT molecular complexity index is 596. The molecule has 1 N–H and O–H groups in total. The molecule has 0 aliphatic heterocycles. The van der Waals surface area contributed by atoms with E-state index >= 15 is 0 Å². The number of carbonyl (C=O) groups is 1. The van der Waals surface area contributed by atoms with Gasteiger partial charge in [0.15, 0.2) is 4.34 Å². The van der Waals surface area contributed by atoms with Gasteiger partial charge in [0.25, 0.3) is 0 Å². The van der Waals surface area contributed by atoms with Gasteiger partial charge in [-0.1, -0.05) is 0 Å². The summed E-state index contributed by atoms with van der Waals surface area (Å²) in [5.41, 5.74) is 0. The number of aliphatic carboxylic acids is 1. The highest BCUT2D eigenvalue weighted by Gasteiger charge is 2.36. The number of hydrogen-bond acceptors (Lipinski definition) is 8. The third-order valence-electron chi connectivity index (χ3n) is 1.62. The Kier molecular flexibility index (Phi) is 3.66. The summed E-state index contributed by atoms with van der Waals surface area (Å²) in [4.78, 5) is 13.8. The monoisotopic (exact) mass is 312 g/mol. The van der Waals surface area contributed by atoms with E-state index in [1.165, 1.54) is 0 Å². The number of hydrogen-bond donors (Lipinski definition) is 1. The van der Waals surface area contributed by atoms with Crippen LogP contribution in [0.3, 0.4) is 0 Å². The van der Waals surface area contributed by atoms with Crippen LogP contribution in [0.4, 0.5) is 13.2 Å². The second kappa shape index (κ2) is 5.08. The van der Waals surface area contributed by atoms with Crippen molar-refractivity contribution in [2.45, 2.75) is 22.2 Å². The number of nitrogens with zero attached hydrogens (tertiary/aromatic N) is 6. The molecule has 0 unspecified atom stereocenters. The van der Waals surface area contributed by atoms with Crippen LogP contribution in [0, 0.1) is 0 Å². The van der Waals surface area contributed by atoms with E-state index in [9.17, 15) is 18.0 Å². The zero-order chi connectivity index (χ0) is 14.0. The van der Waals surface area contributed by atoms with Crippen LogP contribution in [0.5, 0.6) is 0 Å². The van der Waals surface area contributed by atoms with Gasteiger partial charge in [0.1, 0.15) is 6.54 Å². The van der Waals surface area contributed by atoms with Gasteiger partial charge in [-0.05, 0) is 33.7 Å². The van der Waals surface area contributed by atoms with Crippen LogP contribution in [0.2, 0.25) is 0 Å². The van der Waals surface area contributed by atoms with Crippen molar-refractivity contribution in [3.63, 3.8) is 0 Å². The van der Waals surface area contributed by atoms with E-state index in [4.69, 9.17) is 5.11 Å². The summed E-state index contributed by atoms with van der Waals surface area (Å²) in [7, 11) is 0. The summed E-state index contributed by atoms with van der Waals surface area (Å²) >= 11 is 1.24. The second-order valence-corrected chi connectivity index (χ2v) is 4.96. The molecule has 0 aliphatic rings. The van der Waals surface area contributed by atoms with Gasteiger partial charge in [0, 0.05) is 0 Å². The van der Waals surface area contributed by atoms with Crippen LogP contribution in [-0.2, 0) is 17.5 Å². The molecule has 0 bridgehead atoms. The SMILES string of the molecule is O=C(O)Cn1nnnc1Sc1nc(C(F)(F)F)ns1. The molecule has 2 rings (SSSR count). The van der Waals surface area contributed by atoms with Crippen molar-refractivity contribution in [1.29, 1.82) is 0 Å². The van der Waals surface area contributed by atoms with Crippen molar-refractivity contribution in [1.82, 2.24) is 29.6 Å². The van der Waals surface area contributed by atoms with Gasteiger partial charge in [-0.2, -0.15) is 17.5 Å². The van der Waals surface area contributed by atoms with Crippen molar-refractivity contribution in [3.8, 4) is 0 Å². The van der Waals surface area contributed by atoms with Crippen LogP contribution >= 0.6 is 23.3 Å². The summed E-state index contributed by atoms with van der Waals surface area (Å²) < 4.78 is 40.9. The van der Waals surface area contributed by atoms with Crippen LogP contribution in [0.15, 0.2) is 9.50 Å². The van der Waals surface area contributed by atoms with E-state index in [-0.39, 0.29) is 9.50 Å². The minimum atomic E-state index is -4.62. The lowest BCUT2D eigenvalue weighted by molar-refractivity contribution is -0.144. The fraction of sp³-hybridized carbons (Fsp3) is 0.333. The fourth-order valence-electron chi connectivity index (χ4n) is 0.941. The molecule has 0 atom stereocenters. The molecule has 8 nitrogen and oxygen atoms in total. The van der Waals surface area contributed by atoms with E-state index in [1.807, 2.05) is 0 Å². The number of tetrazole rings is 1. The number of halogens is 3. The zero-order valence-corrected chi connectivity index (χ0v) is 10.3. The molecular weight excluding hydrogens is 309 g/mol. The van der Waals surface area contributed by atoms with Gasteiger partial charge in [-0.15, -0.1) is 5.10 Å². The number of aromatic nitrogens is 6. The predicted octanol–water partition coefficient (Wildman–Crippen LogP) is 0.779. The maximum Gasteiger partial charge on any atom is 0.452 e. The summed E-state index contributed by atoms with van der Waals surface area (Å²) in [6, 6.07) is 0. The summed E-state index contributed by atoms with van der Waals surface area (Å²) in [5.74, 6) is -2.43. The molecule has 0 fully saturated rings. The van der Waals surface area contributed by atoms with Gasteiger partial charge in [0.05, 0.1) is 0 Å². The third kappa shape index (κ3) is 3.37. The molecule has 13 heteroatoms. The van der Waals surface area contributed by atoms with E-state index in [0.717, 1.165) is 4.68 Å². The molecule has 102 valence electrons. The highest BCUT2D eigenvalue weighted by atomic mass is 32.2. The molecule has 0 amide bonds. The van der Waals surface area contributed by atoms with Crippen molar-refractivity contribution >= 4 is 29.3 Å². The Morgan fingerprint density at radius 1 is 1.47 bits per heavy atom. The molecule has 2 aromatic heterocycles. The van der Waals surface area contributed by atoms with E-state index in [0.29, 0.717) is 23.3 Å². The molecule has 0 spiro atoms. The molecule has 2 heterocycles. The molecule has 0 saturated heterocycles. The number of carboxylic acids is 1. The van der Waals surface area contributed by atoms with Gasteiger partial charge >= 0.3 is 12.1 Å². The van der Waals surface area contributed by atoms with Crippen LogP contribution < -0.4 is 0 Å². The van der Waals surface area contributed by atoms with E-state index < -0.39 is 24.5 Å². The lowest BCUT2D eigenvalue weighted by Gasteiger charge is -1.98. The van der Waals surface area contributed by atoms with Crippen molar-refractivity contribution in [2.24, 2.45) is 0 Å². The molecule has 0 aromatic carbocycles. The fourth-order valence-corrected chi connectivity index (χ4v) is 2.43. The van der Waals surface area contributed by atoms with Crippen molar-refractivity contribution in [3.05, 3.63) is 5.82 Å². The standard InChI is InChI=1S/C6H3F3N6O2S2/c7-6(8,9)3-10-5(19-12-3)18-4-11-13-14-15(4)1-2(16)17/h1H2,(H,16,17). The number of rotatable bonds is 4. The van der Waals surface area contributed by atoms with Crippen LogP contribution in [-0.4, -0.2) is 40.6 Å². The highest BCUT2D eigenvalue weighted by molar-refractivity contribution is 8.00. The number of alkyl halides is 3. The predicted molar refractivity (Wildman–Crippen MR) is 54.5 cm³/mol. The van der Waals surface area contributed by atoms with E-state index in [1.54, 1.807) is 0 Å². The summed E-state index contributed by atoms with van der Waals surface area (Å²) in [6.07, 6.45) is -4.62. The molecular formula is C6H3F3N6O2S2. The lowest BCUT2D eigenvalue weighted by Crippen LogP contribution is -2.11. The maximum absolute atomic E-state index is 12.3. The Labute approximate surface area is 110 Å². The summed E-state index contributed by atoms with van der Waals surface area (Å²) in [6.45, 7) is -0.500. The van der Waals surface area contributed by atoms with Crippen LogP contribution in [0.25, 0.3) is 0 Å². The second-order valence-electron chi connectivity index (χ2n) is 3.00. The highest BCUT2D eigenvalue weighted by Crippen LogP contribution is 2.32. The van der Waals surface area contributed by atoms with E-state index in [2.05, 4.69) is 24.9 Å². The molecule has 2 aromatic rings. The first-order chi connectivity index (χ1) is 8.86. The van der Waals surface area contributed by atoms with Crippen molar-refractivity contribution < 1.29 is 23.1 Å². The minimum absolute atomic E-state index is 0.0206. The number of carboxylic acid groups (broad SMARTS) is 1. The first kappa shape index (κ1) is 13.7. The lowest BCUT2D eigenvalue weighted by atomic mass is 10.6. The first-order valence-electron chi connectivity index (χ1n) is 4.43. The first-order valence-corrected chi connectivity index (χ1v) is 6.02. The normalized spacial score (nSPS) is 11.7. The van der Waals surface area contributed by atoms with Gasteiger partial charge in [-0.25, -0.2) is 9.67 Å². The Hall–Kier alpha value is -1.76. The average molecular weight is 312 g/mol. The zero-order valence-electron chi connectivity index (χ0n) is 8.70. The quantitative estimate of drug-likeness (QED) is 0.882. The molecule has 0 radical (unpaired) electrons. The average Bonchev–Trinajstić information content (AvgIpc) is 2.88. The topological polar surface area (TPSA) is 107 Å². The molecule has 0 aliphatic carbocycles. The summed E-state index contributed by atoms with van der Waals surface area (Å²) in [5, 5.41) is 18.7. The van der Waals surface area contributed by atoms with Crippen LogP contribution in [0.1, 0.15) is 5.82 Å². The smallest absolute Gasteiger partial charge is 0.452 e. The van der Waals surface area contributed by atoms with Gasteiger partial charge in [-0.3, -0.25) is 4.79 Å².